The number of aromatic nitrogens is 2. The number of ether oxygens (including phenoxy) is 1. The number of hydrogen-bond donors (Lipinski definition) is 1. The molecule has 5 heteroatoms. The quantitative estimate of drug-likeness (QED) is 0.477. The Bertz CT molecular complexity index is 1190. The fourth-order valence-corrected chi connectivity index (χ4v) is 3.64. The van der Waals surface area contributed by atoms with E-state index in [2.05, 4.69) is 16.6 Å². The lowest BCUT2D eigenvalue weighted by Crippen LogP contribution is -2.12. The summed E-state index contributed by atoms with van der Waals surface area (Å²) < 4.78 is 7.85. The van der Waals surface area contributed by atoms with Gasteiger partial charge in [0, 0.05) is 23.4 Å². The number of amides is 1. The van der Waals surface area contributed by atoms with Crippen LogP contribution < -0.4 is 10.1 Å². The van der Waals surface area contributed by atoms with Crippen molar-refractivity contribution >= 4 is 17.2 Å². The van der Waals surface area contributed by atoms with Gasteiger partial charge in [-0.05, 0) is 61.7 Å². The van der Waals surface area contributed by atoms with E-state index < -0.39 is 0 Å². The van der Waals surface area contributed by atoms with Crippen LogP contribution in [0.4, 0.5) is 5.69 Å². The van der Waals surface area contributed by atoms with E-state index in [1.165, 1.54) is 18.5 Å². The normalized spacial score (nSPS) is 13.4. The van der Waals surface area contributed by atoms with Crippen LogP contribution in [0.2, 0.25) is 0 Å². The number of nitrogens with one attached hydrogen (secondary N) is 1. The first-order valence-corrected chi connectivity index (χ1v) is 10.2. The number of nitrogens with zero attached hydrogens (tertiary/aromatic N) is 2. The van der Waals surface area contributed by atoms with Crippen molar-refractivity contribution in [3.8, 4) is 5.75 Å². The molecule has 1 aliphatic rings. The molecular weight excluding hydrogens is 374 g/mol. The SMILES string of the molecule is Cc1c(C2CC2)nc2ccc(NC(=O)c3ccc(OCc4ccccc4)cc3)cn12. The average molecular weight is 397 g/mol. The molecule has 0 radical (unpaired) electrons. The smallest absolute Gasteiger partial charge is 0.255 e. The van der Waals surface area contributed by atoms with Crippen LogP contribution in [0.1, 0.15) is 46.1 Å². The summed E-state index contributed by atoms with van der Waals surface area (Å²) in [7, 11) is 0. The molecule has 5 rings (SSSR count). The molecule has 0 aliphatic heterocycles. The Morgan fingerprint density at radius 3 is 2.57 bits per heavy atom. The maximum atomic E-state index is 12.7. The summed E-state index contributed by atoms with van der Waals surface area (Å²) in [5, 5.41) is 2.98. The van der Waals surface area contributed by atoms with Gasteiger partial charge < -0.3 is 14.5 Å². The van der Waals surface area contributed by atoms with Crippen molar-refractivity contribution < 1.29 is 9.53 Å². The molecule has 1 amide bonds. The molecule has 2 aromatic carbocycles. The topological polar surface area (TPSA) is 55.6 Å². The minimum Gasteiger partial charge on any atom is -0.489 e. The van der Waals surface area contributed by atoms with Crippen molar-refractivity contribution in [1.29, 1.82) is 0 Å². The first-order chi connectivity index (χ1) is 14.7. The fourth-order valence-electron chi connectivity index (χ4n) is 3.64. The Hall–Kier alpha value is -3.60. The van der Waals surface area contributed by atoms with Gasteiger partial charge in [0.05, 0.1) is 11.4 Å². The molecule has 2 aromatic heterocycles. The Balaban J connectivity index is 1.26. The summed E-state index contributed by atoms with van der Waals surface area (Å²) in [6.07, 6.45) is 4.39. The Morgan fingerprint density at radius 2 is 1.83 bits per heavy atom. The molecular formula is C25H23N3O2. The molecule has 0 saturated heterocycles. The summed E-state index contributed by atoms with van der Waals surface area (Å²) in [4.78, 5) is 17.4. The minimum atomic E-state index is -0.149. The van der Waals surface area contributed by atoms with E-state index in [0.717, 1.165) is 28.3 Å². The third-order valence-corrected chi connectivity index (χ3v) is 5.48. The van der Waals surface area contributed by atoms with Crippen molar-refractivity contribution in [1.82, 2.24) is 9.38 Å². The van der Waals surface area contributed by atoms with E-state index >= 15 is 0 Å². The fraction of sp³-hybridized carbons (Fsp3) is 0.200. The minimum absolute atomic E-state index is 0.149. The number of hydrogen-bond acceptors (Lipinski definition) is 3. The van der Waals surface area contributed by atoms with Gasteiger partial charge >= 0.3 is 0 Å². The van der Waals surface area contributed by atoms with Crippen molar-refractivity contribution in [2.75, 3.05) is 5.32 Å². The lowest BCUT2D eigenvalue weighted by Gasteiger charge is -2.09. The predicted molar refractivity (Wildman–Crippen MR) is 117 cm³/mol. The summed E-state index contributed by atoms with van der Waals surface area (Å²) in [6, 6.07) is 21.1. The molecule has 0 atom stereocenters. The second kappa shape index (κ2) is 7.67. The van der Waals surface area contributed by atoms with Gasteiger partial charge in [0.25, 0.3) is 5.91 Å². The summed E-state index contributed by atoms with van der Waals surface area (Å²) >= 11 is 0. The molecule has 1 N–H and O–H groups in total. The zero-order valence-electron chi connectivity index (χ0n) is 16.8. The zero-order chi connectivity index (χ0) is 20.5. The van der Waals surface area contributed by atoms with Gasteiger partial charge in [0.1, 0.15) is 18.0 Å². The number of pyridine rings is 1. The average Bonchev–Trinajstić information content (AvgIpc) is 3.57. The Kier molecular flexibility index (Phi) is 4.71. The lowest BCUT2D eigenvalue weighted by molar-refractivity contribution is 0.102. The van der Waals surface area contributed by atoms with Crippen LogP contribution in [-0.4, -0.2) is 15.3 Å². The highest BCUT2D eigenvalue weighted by Gasteiger charge is 2.28. The Labute approximate surface area is 175 Å². The molecule has 0 bridgehead atoms. The maximum Gasteiger partial charge on any atom is 0.255 e. The first-order valence-electron chi connectivity index (χ1n) is 10.2. The number of carbonyl (C=O) groups is 1. The van der Waals surface area contributed by atoms with Crippen molar-refractivity contribution in [2.24, 2.45) is 0 Å². The third-order valence-electron chi connectivity index (χ3n) is 5.48. The first kappa shape index (κ1) is 18.4. The summed E-state index contributed by atoms with van der Waals surface area (Å²) in [5.74, 6) is 1.19. The zero-order valence-corrected chi connectivity index (χ0v) is 16.8. The second-order valence-corrected chi connectivity index (χ2v) is 7.76. The number of benzene rings is 2. The van der Waals surface area contributed by atoms with Gasteiger partial charge in [-0.25, -0.2) is 4.98 Å². The molecule has 2 heterocycles. The van der Waals surface area contributed by atoms with E-state index in [1.807, 2.05) is 60.8 Å². The molecule has 150 valence electrons. The number of imidazole rings is 1. The van der Waals surface area contributed by atoms with Crippen LogP contribution in [0.15, 0.2) is 72.9 Å². The van der Waals surface area contributed by atoms with Gasteiger partial charge in [-0.1, -0.05) is 30.3 Å². The molecule has 1 fully saturated rings. The summed E-state index contributed by atoms with van der Waals surface area (Å²) in [5.41, 5.74) is 5.71. The van der Waals surface area contributed by atoms with E-state index in [-0.39, 0.29) is 5.91 Å². The van der Waals surface area contributed by atoms with Gasteiger partial charge in [0.2, 0.25) is 0 Å². The number of aryl methyl sites for hydroxylation is 1. The van der Waals surface area contributed by atoms with E-state index in [0.29, 0.717) is 18.1 Å². The highest BCUT2D eigenvalue weighted by atomic mass is 16.5. The number of fused-ring (bicyclic) bond motifs is 1. The summed E-state index contributed by atoms with van der Waals surface area (Å²) in [6.45, 7) is 2.59. The molecule has 30 heavy (non-hydrogen) atoms. The van der Waals surface area contributed by atoms with Gasteiger partial charge in [-0.15, -0.1) is 0 Å². The van der Waals surface area contributed by atoms with Crippen LogP contribution in [0.25, 0.3) is 5.65 Å². The van der Waals surface area contributed by atoms with Crippen LogP contribution in [0.3, 0.4) is 0 Å². The van der Waals surface area contributed by atoms with E-state index in [1.54, 1.807) is 12.1 Å². The van der Waals surface area contributed by atoms with E-state index in [4.69, 9.17) is 9.72 Å². The van der Waals surface area contributed by atoms with Gasteiger partial charge in [0.15, 0.2) is 0 Å². The largest absolute Gasteiger partial charge is 0.489 e. The van der Waals surface area contributed by atoms with Crippen molar-refractivity contribution in [2.45, 2.75) is 32.3 Å². The van der Waals surface area contributed by atoms with Gasteiger partial charge in [-0.2, -0.15) is 0 Å². The molecule has 0 unspecified atom stereocenters. The third kappa shape index (κ3) is 3.79. The second-order valence-electron chi connectivity index (χ2n) is 7.76. The number of rotatable bonds is 6. The molecule has 4 aromatic rings. The monoisotopic (exact) mass is 397 g/mol. The highest BCUT2D eigenvalue weighted by Crippen LogP contribution is 2.41. The van der Waals surface area contributed by atoms with Crippen LogP contribution >= 0.6 is 0 Å². The van der Waals surface area contributed by atoms with Crippen molar-refractivity contribution in [3.05, 3.63) is 95.4 Å². The number of carbonyl (C=O) groups excluding carboxylic acids is 1. The van der Waals surface area contributed by atoms with E-state index in [9.17, 15) is 4.79 Å². The molecule has 1 saturated carbocycles. The number of anilines is 1. The molecule has 0 spiro atoms. The lowest BCUT2D eigenvalue weighted by atomic mass is 10.2. The highest BCUT2D eigenvalue weighted by molar-refractivity contribution is 6.04. The van der Waals surface area contributed by atoms with Crippen LogP contribution in [0, 0.1) is 6.92 Å². The van der Waals surface area contributed by atoms with Crippen molar-refractivity contribution in [3.63, 3.8) is 0 Å². The predicted octanol–water partition coefficient (Wildman–Crippen LogP) is 5.35. The van der Waals surface area contributed by atoms with Crippen LogP contribution in [-0.2, 0) is 6.61 Å². The molecule has 5 nitrogen and oxygen atoms in total. The molecule has 1 aliphatic carbocycles. The maximum absolute atomic E-state index is 12.7. The standard InChI is InChI=1S/C25H23N3O2/c1-17-24(19-7-8-19)27-23-14-11-21(15-28(17)23)26-25(29)20-9-12-22(13-10-20)30-16-18-5-3-2-4-6-18/h2-6,9-15,19H,7-8,16H2,1H3,(H,26,29). The van der Waals surface area contributed by atoms with Gasteiger partial charge in [-0.3, -0.25) is 4.79 Å². The Morgan fingerprint density at radius 1 is 1.07 bits per heavy atom. The van der Waals surface area contributed by atoms with Crippen LogP contribution in [0.5, 0.6) is 5.75 Å².